The minimum atomic E-state index is 0.719. The third kappa shape index (κ3) is 2.79. The highest BCUT2D eigenvalue weighted by Gasteiger charge is 2.15. The summed E-state index contributed by atoms with van der Waals surface area (Å²) >= 11 is 0. The van der Waals surface area contributed by atoms with Crippen molar-refractivity contribution in [3.63, 3.8) is 0 Å². The zero-order chi connectivity index (χ0) is 8.97. The highest BCUT2D eigenvalue weighted by atomic mass is 15.2. The maximum absolute atomic E-state index is 5.75. The van der Waals surface area contributed by atoms with Gasteiger partial charge in [0.2, 0.25) is 0 Å². The Bertz CT molecular complexity index is 130. The molecule has 0 aromatic heterocycles. The lowest BCUT2D eigenvalue weighted by molar-refractivity contribution is 0.215. The van der Waals surface area contributed by atoms with Crippen LogP contribution >= 0.6 is 0 Å². The molecule has 0 spiro atoms. The number of hydrogen-bond acceptors (Lipinski definition) is 2. The van der Waals surface area contributed by atoms with Gasteiger partial charge in [-0.05, 0) is 39.4 Å². The van der Waals surface area contributed by atoms with Crippen LogP contribution in [0.2, 0.25) is 0 Å². The fraction of sp³-hybridized carbons (Fsp3) is 1.00. The van der Waals surface area contributed by atoms with Gasteiger partial charge in [0.05, 0.1) is 0 Å². The summed E-state index contributed by atoms with van der Waals surface area (Å²) in [4.78, 5) is 4.47. The lowest BCUT2D eigenvalue weighted by Gasteiger charge is -2.26. The van der Waals surface area contributed by atoms with Gasteiger partial charge >= 0.3 is 0 Å². The van der Waals surface area contributed by atoms with E-state index in [0.717, 1.165) is 25.7 Å². The van der Waals surface area contributed by atoms with E-state index in [0.29, 0.717) is 0 Å². The Morgan fingerprint density at radius 1 is 1.25 bits per heavy atom. The van der Waals surface area contributed by atoms with E-state index in [-0.39, 0.29) is 0 Å². The molecule has 1 atom stereocenters. The lowest BCUT2D eigenvalue weighted by atomic mass is 10.2. The second kappa shape index (κ2) is 4.88. The zero-order valence-electron chi connectivity index (χ0n) is 8.29. The lowest BCUT2D eigenvalue weighted by Crippen LogP contribution is -2.35. The molecular weight excluding hydrogens is 147 g/mol. The third-order valence-electron chi connectivity index (χ3n) is 2.78. The summed E-state index contributed by atoms with van der Waals surface area (Å²) in [5.41, 5.74) is 0. The van der Waals surface area contributed by atoms with E-state index in [4.69, 9.17) is 7.98 Å². The van der Waals surface area contributed by atoms with Crippen molar-refractivity contribution in [1.82, 2.24) is 9.71 Å². The van der Waals surface area contributed by atoms with Gasteiger partial charge in [-0.3, -0.25) is 4.90 Å². The molecule has 0 bridgehead atoms. The Hall–Kier alpha value is -0.0151. The summed E-state index contributed by atoms with van der Waals surface area (Å²) in [6.45, 7) is 8.95. The number of nitrogens with zero attached hydrogens (tertiary/aromatic N) is 2. The normalized spacial score (nSPS) is 25.2. The van der Waals surface area contributed by atoms with Gasteiger partial charge in [0.25, 0.3) is 0 Å². The average molecular weight is 166 g/mol. The van der Waals surface area contributed by atoms with Gasteiger partial charge in [0.1, 0.15) is 0 Å². The van der Waals surface area contributed by atoms with E-state index in [1.165, 1.54) is 19.4 Å². The fourth-order valence-corrected chi connectivity index (χ4v) is 1.66. The monoisotopic (exact) mass is 166 g/mol. The van der Waals surface area contributed by atoms with E-state index < -0.39 is 0 Å². The highest BCUT2D eigenvalue weighted by Crippen LogP contribution is 2.07. The molecule has 2 nitrogen and oxygen atoms in total. The molecule has 1 rings (SSSR count). The second-order valence-electron chi connectivity index (χ2n) is 3.68. The van der Waals surface area contributed by atoms with Crippen molar-refractivity contribution in [3.8, 4) is 0 Å². The first-order chi connectivity index (χ1) is 5.74. The van der Waals surface area contributed by atoms with E-state index in [2.05, 4.69) is 18.7 Å². The molecule has 1 aliphatic rings. The van der Waals surface area contributed by atoms with Crippen molar-refractivity contribution in [3.05, 3.63) is 0 Å². The smallest absolute Gasteiger partial charge is 0.182 e. The van der Waals surface area contributed by atoms with Gasteiger partial charge in [0.15, 0.2) is 7.98 Å². The Kier molecular flexibility index (Phi) is 4.09. The first-order valence-electron chi connectivity index (χ1n) is 4.97. The molecule has 1 aliphatic heterocycles. The summed E-state index contributed by atoms with van der Waals surface area (Å²) in [6.07, 6.45) is 2.45. The van der Waals surface area contributed by atoms with Gasteiger partial charge in [-0.1, -0.05) is 6.92 Å². The van der Waals surface area contributed by atoms with Crippen LogP contribution in [0.15, 0.2) is 0 Å². The summed E-state index contributed by atoms with van der Waals surface area (Å²) in [7, 11) is 5.75. The Balaban J connectivity index is 2.35. The molecule has 2 radical (unpaired) electrons. The first-order valence-corrected chi connectivity index (χ1v) is 4.97. The summed E-state index contributed by atoms with van der Waals surface area (Å²) < 4.78 is 0. The van der Waals surface area contributed by atoms with Crippen molar-refractivity contribution < 1.29 is 0 Å². The van der Waals surface area contributed by atoms with Gasteiger partial charge in [-0.2, -0.15) is 0 Å². The van der Waals surface area contributed by atoms with Crippen LogP contribution in [0.25, 0.3) is 0 Å². The molecule has 68 valence electrons. The van der Waals surface area contributed by atoms with Crippen molar-refractivity contribution in [1.29, 1.82) is 0 Å². The van der Waals surface area contributed by atoms with Crippen LogP contribution in [0.4, 0.5) is 0 Å². The van der Waals surface area contributed by atoms with Crippen LogP contribution in [-0.4, -0.2) is 49.9 Å². The van der Waals surface area contributed by atoms with E-state index in [9.17, 15) is 0 Å². The van der Waals surface area contributed by atoms with Crippen LogP contribution in [0.1, 0.15) is 26.7 Å². The molecule has 0 aromatic rings. The fourth-order valence-electron chi connectivity index (χ4n) is 1.66. The SMILES string of the molecule is [B]N1CCCN(C(C)CC)CC1. The molecule has 0 aromatic carbocycles. The van der Waals surface area contributed by atoms with Gasteiger partial charge in [0, 0.05) is 12.6 Å². The van der Waals surface area contributed by atoms with Crippen molar-refractivity contribution in [2.75, 3.05) is 26.2 Å². The Morgan fingerprint density at radius 2 is 2.00 bits per heavy atom. The molecular formula is C9H19BN2. The van der Waals surface area contributed by atoms with Gasteiger partial charge in [-0.15, -0.1) is 0 Å². The third-order valence-corrected chi connectivity index (χ3v) is 2.78. The van der Waals surface area contributed by atoms with Crippen molar-refractivity contribution in [2.24, 2.45) is 0 Å². The van der Waals surface area contributed by atoms with Gasteiger partial charge in [-0.25, -0.2) is 0 Å². The van der Waals surface area contributed by atoms with Crippen molar-refractivity contribution in [2.45, 2.75) is 32.7 Å². The topological polar surface area (TPSA) is 6.48 Å². The van der Waals surface area contributed by atoms with Crippen molar-refractivity contribution >= 4 is 7.98 Å². The molecule has 3 heteroatoms. The van der Waals surface area contributed by atoms with Crippen LogP contribution < -0.4 is 0 Å². The Morgan fingerprint density at radius 3 is 2.67 bits per heavy atom. The molecule has 0 N–H and O–H groups in total. The molecule has 12 heavy (non-hydrogen) atoms. The summed E-state index contributed by atoms with van der Waals surface area (Å²) in [5.74, 6) is 0. The highest BCUT2D eigenvalue weighted by molar-refractivity contribution is 6.04. The predicted octanol–water partition coefficient (Wildman–Crippen LogP) is 0.876. The molecule has 0 amide bonds. The number of hydrogen-bond donors (Lipinski definition) is 0. The molecule has 0 saturated carbocycles. The molecule has 1 fully saturated rings. The maximum Gasteiger partial charge on any atom is 0.182 e. The number of rotatable bonds is 2. The summed E-state index contributed by atoms with van der Waals surface area (Å²) in [5, 5.41) is 0. The van der Waals surface area contributed by atoms with Gasteiger partial charge < -0.3 is 4.81 Å². The molecule has 1 heterocycles. The van der Waals surface area contributed by atoms with E-state index in [1.807, 2.05) is 4.81 Å². The Labute approximate surface area is 77.3 Å². The minimum Gasteiger partial charge on any atom is -0.352 e. The first kappa shape index (κ1) is 10.1. The maximum atomic E-state index is 5.75. The average Bonchev–Trinajstić information content (AvgIpc) is 2.29. The van der Waals surface area contributed by atoms with E-state index >= 15 is 0 Å². The predicted molar refractivity (Wildman–Crippen MR) is 53.3 cm³/mol. The summed E-state index contributed by atoms with van der Waals surface area (Å²) in [6, 6.07) is 0.719. The molecule has 0 aliphatic carbocycles. The quantitative estimate of drug-likeness (QED) is 0.562. The largest absolute Gasteiger partial charge is 0.352 e. The second-order valence-corrected chi connectivity index (χ2v) is 3.68. The van der Waals surface area contributed by atoms with Crippen LogP contribution in [0.3, 0.4) is 0 Å². The zero-order valence-corrected chi connectivity index (χ0v) is 8.29. The van der Waals surface area contributed by atoms with Crippen LogP contribution in [0.5, 0.6) is 0 Å². The van der Waals surface area contributed by atoms with Crippen LogP contribution in [-0.2, 0) is 0 Å². The minimum absolute atomic E-state index is 0.719. The molecule has 1 unspecified atom stereocenters. The standard InChI is InChI=1S/C9H19BN2/c1-3-9(2)11-5-4-6-12(10)8-7-11/h9H,3-8H2,1-2H3. The molecule has 1 saturated heterocycles. The van der Waals surface area contributed by atoms with E-state index in [1.54, 1.807) is 0 Å². The van der Waals surface area contributed by atoms with Crippen LogP contribution in [0, 0.1) is 0 Å².